The van der Waals surface area contributed by atoms with Gasteiger partial charge in [0.15, 0.2) is 0 Å². The maximum Gasteiger partial charge on any atom is 0.0590 e. The summed E-state index contributed by atoms with van der Waals surface area (Å²) in [6.07, 6.45) is 5.04. The molecule has 0 unspecified atom stereocenters. The zero-order chi connectivity index (χ0) is 13.1. The molecule has 0 bridgehead atoms. The lowest BCUT2D eigenvalue weighted by Crippen LogP contribution is -2.32. The second-order valence-corrected chi connectivity index (χ2v) is 5.24. The van der Waals surface area contributed by atoms with Crippen molar-refractivity contribution in [3.8, 4) is 0 Å². The maximum absolute atomic E-state index is 5.49. The molecule has 0 amide bonds. The number of nitrogens with zero attached hydrogens (tertiary/aromatic N) is 1. The van der Waals surface area contributed by atoms with E-state index >= 15 is 0 Å². The van der Waals surface area contributed by atoms with E-state index in [0.29, 0.717) is 0 Å². The van der Waals surface area contributed by atoms with E-state index in [4.69, 9.17) is 9.47 Å². The summed E-state index contributed by atoms with van der Waals surface area (Å²) in [5.41, 5.74) is 0. The highest BCUT2D eigenvalue weighted by Gasteiger charge is 2.15. The predicted octanol–water partition coefficient (Wildman–Crippen LogP) is 1.36. The fourth-order valence-corrected chi connectivity index (χ4v) is 2.33. The summed E-state index contributed by atoms with van der Waals surface area (Å²) in [6.45, 7) is 7.07. The molecule has 0 aromatic carbocycles. The van der Waals surface area contributed by atoms with E-state index in [0.717, 1.165) is 45.2 Å². The number of likely N-dealkylation sites (tertiary alicyclic amines) is 1. The van der Waals surface area contributed by atoms with E-state index in [-0.39, 0.29) is 0 Å². The Balaban J connectivity index is 1.78. The number of nitrogens with one attached hydrogen (secondary N) is 1. The molecule has 0 atom stereocenters. The van der Waals surface area contributed by atoms with Crippen LogP contribution >= 0.6 is 0 Å². The van der Waals surface area contributed by atoms with Gasteiger partial charge in [-0.25, -0.2) is 0 Å². The molecule has 18 heavy (non-hydrogen) atoms. The maximum atomic E-state index is 5.49. The van der Waals surface area contributed by atoms with Crippen LogP contribution in [0.15, 0.2) is 0 Å². The Hall–Kier alpha value is -0.160. The van der Waals surface area contributed by atoms with Crippen molar-refractivity contribution in [2.75, 3.05) is 60.2 Å². The first-order chi connectivity index (χ1) is 8.83. The van der Waals surface area contributed by atoms with Gasteiger partial charge >= 0.3 is 0 Å². The van der Waals surface area contributed by atoms with E-state index in [2.05, 4.69) is 17.3 Å². The fourth-order valence-electron chi connectivity index (χ4n) is 2.33. The molecular formula is C14H30N2O2. The molecule has 1 heterocycles. The number of rotatable bonds is 10. The molecule has 0 radical (unpaired) electrons. The normalized spacial score (nSPS) is 18.3. The predicted molar refractivity (Wildman–Crippen MR) is 75.0 cm³/mol. The van der Waals surface area contributed by atoms with Crippen molar-refractivity contribution < 1.29 is 9.47 Å². The molecule has 1 fully saturated rings. The van der Waals surface area contributed by atoms with Crippen molar-refractivity contribution in [2.45, 2.75) is 25.7 Å². The lowest BCUT2D eigenvalue weighted by Gasteiger charge is -2.28. The van der Waals surface area contributed by atoms with E-state index in [1.165, 1.54) is 32.4 Å². The van der Waals surface area contributed by atoms with Crippen LogP contribution in [0.5, 0.6) is 0 Å². The third kappa shape index (κ3) is 8.03. The van der Waals surface area contributed by atoms with Crippen molar-refractivity contribution in [1.29, 1.82) is 0 Å². The van der Waals surface area contributed by atoms with Crippen molar-refractivity contribution in [2.24, 2.45) is 5.92 Å². The zero-order valence-electron chi connectivity index (χ0n) is 12.1. The Morgan fingerprint density at radius 2 is 1.89 bits per heavy atom. The lowest BCUT2D eigenvalue weighted by atomic mass is 9.94. The Labute approximate surface area is 112 Å². The summed E-state index contributed by atoms with van der Waals surface area (Å²) >= 11 is 0. The Bertz CT molecular complexity index is 183. The van der Waals surface area contributed by atoms with E-state index < -0.39 is 0 Å². The van der Waals surface area contributed by atoms with Crippen LogP contribution in [0.2, 0.25) is 0 Å². The van der Waals surface area contributed by atoms with Crippen molar-refractivity contribution in [1.82, 2.24) is 10.2 Å². The third-order valence-electron chi connectivity index (χ3n) is 3.63. The van der Waals surface area contributed by atoms with Gasteiger partial charge in [-0.15, -0.1) is 0 Å². The van der Waals surface area contributed by atoms with E-state index in [1.54, 1.807) is 7.11 Å². The van der Waals surface area contributed by atoms with Gasteiger partial charge in [0.1, 0.15) is 0 Å². The van der Waals surface area contributed by atoms with Crippen LogP contribution in [0.4, 0.5) is 0 Å². The second kappa shape index (κ2) is 10.7. The quantitative estimate of drug-likeness (QED) is 0.600. The first-order valence-corrected chi connectivity index (χ1v) is 7.29. The average Bonchev–Trinajstić information content (AvgIpc) is 2.39. The molecule has 4 nitrogen and oxygen atoms in total. The second-order valence-electron chi connectivity index (χ2n) is 5.24. The molecule has 0 spiro atoms. The van der Waals surface area contributed by atoms with Gasteiger partial charge in [0.05, 0.1) is 6.61 Å². The van der Waals surface area contributed by atoms with Gasteiger partial charge in [0.2, 0.25) is 0 Å². The summed E-state index contributed by atoms with van der Waals surface area (Å²) in [7, 11) is 3.94. The number of ether oxygens (including phenoxy) is 2. The van der Waals surface area contributed by atoms with Crippen LogP contribution in [0.3, 0.4) is 0 Å². The van der Waals surface area contributed by atoms with Crippen LogP contribution in [-0.2, 0) is 9.47 Å². The molecule has 0 aromatic heterocycles. The van der Waals surface area contributed by atoms with Crippen LogP contribution in [0.25, 0.3) is 0 Å². The van der Waals surface area contributed by atoms with Crippen LogP contribution < -0.4 is 5.32 Å². The molecule has 1 aliphatic rings. The fraction of sp³-hybridized carbons (Fsp3) is 1.00. The number of piperidine rings is 1. The highest BCUT2D eigenvalue weighted by atomic mass is 16.5. The molecule has 0 aromatic rings. The van der Waals surface area contributed by atoms with Crippen LogP contribution in [0, 0.1) is 5.92 Å². The average molecular weight is 258 g/mol. The van der Waals surface area contributed by atoms with Crippen LogP contribution in [0.1, 0.15) is 25.7 Å². The Kier molecular flexibility index (Phi) is 9.48. The minimum Gasteiger partial charge on any atom is -0.385 e. The molecule has 0 aliphatic carbocycles. The highest BCUT2D eigenvalue weighted by Crippen LogP contribution is 2.18. The van der Waals surface area contributed by atoms with Gasteiger partial charge in [0.25, 0.3) is 0 Å². The smallest absolute Gasteiger partial charge is 0.0590 e. The topological polar surface area (TPSA) is 33.7 Å². The molecule has 108 valence electrons. The number of methoxy groups -OCH3 is 1. The SMILES string of the molecule is COCCCOCCNCCC1CCN(C)CC1. The molecule has 0 saturated carbocycles. The largest absolute Gasteiger partial charge is 0.385 e. The molecular weight excluding hydrogens is 228 g/mol. The molecule has 1 rings (SSSR count). The summed E-state index contributed by atoms with van der Waals surface area (Å²) in [5.74, 6) is 0.927. The third-order valence-corrected chi connectivity index (χ3v) is 3.63. The molecule has 1 saturated heterocycles. The van der Waals surface area contributed by atoms with E-state index in [1.807, 2.05) is 0 Å². The van der Waals surface area contributed by atoms with Crippen LogP contribution in [-0.4, -0.2) is 65.1 Å². The standard InChI is InChI=1S/C14H30N2O2/c1-16-9-5-14(6-10-16)4-7-15-8-13-18-12-3-11-17-2/h14-15H,3-13H2,1-2H3. The van der Waals surface area contributed by atoms with Gasteiger partial charge in [-0.3, -0.25) is 0 Å². The van der Waals surface area contributed by atoms with E-state index in [9.17, 15) is 0 Å². The summed E-state index contributed by atoms with van der Waals surface area (Å²) in [5, 5.41) is 3.46. The Morgan fingerprint density at radius 3 is 2.61 bits per heavy atom. The van der Waals surface area contributed by atoms with Crippen molar-refractivity contribution in [3.63, 3.8) is 0 Å². The van der Waals surface area contributed by atoms with Gasteiger partial charge in [-0.1, -0.05) is 0 Å². The van der Waals surface area contributed by atoms with Gasteiger partial charge in [-0.2, -0.15) is 0 Å². The Morgan fingerprint density at radius 1 is 1.11 bits per heavy atom. The highest BCUT2D eigenvalue weighted by molar-refractivity contribution is 4.70. The monoisotopic (exact) mass is 258 g/mol. The summed E-state index contributed by atoms with van der Waals surface area (Å²) < 4.78 is 10.5. The molecule has 1 N–H and O–H groups in total. The summed E-state index contributed by atoms with van der Waals surface area (Å²) in [4.78, 5) is 2.43. The first-order valence-electron chi connectivity index (χ1n) is 7.29. The molecule has 1 aliphatic heterocycles. The minimum atomic E-state index is 0.795. The van der Waals surface area contributed by atoms with Gasteiger partial charge in [-0.05, 0) is 58.3 Å². The lowest BCUT2D eigenvalue weighted by molar-refractivity contribution is 0.104. The minimum absolute atomic E-state index is 0.795. The van der Waals surface area contributed by atoms with Gasteiger partial charge < -0.3 is 19.7 Å². The summed E-state index contributed by atoms with van der Waals surface area (Å²) in [6, 6.07) is 0. The van der Waals surface area contributed by atoms with Crippen molar-refractivity contribution >= 4 is 0 Å². The van der Waals surface area contributed by atoms with Gasteiger partial charge in [0, 0.05) is 26.9 Å². The van der Waals surface area contributed by atoms with Crippen molar-refractivity contribution in [3.05, 3.63) is 0 Å². The zero-order valence-corrected chi connectivity index (χ0v) is 12.1. The number of hydrogen-bond donors (Lipinski definition) is 1. The first kappa shape index (κ1) is 15.9. The number of hydrogen-bond acceptors (Lipinski definition) is 4. The molecule has 4 heteroatoms.